The minimum Gasteiger partial charge on any atom is -0.481 e. The molecule has 0 saturated carbocycles. The molecule has 20 heavy (non-hydrogen) atoms. The van der Waals surface area contributed by atoms with Crippen molar-refractivity contribution in [3.63, 3.8) is 0 Å². The predicted molar refractivity (Wildman–Crippen MR) is 77.5 cm³/mol. The van der Waals surface area contributed by atoms with Gasteiger partial charge in [0, 0.05) is 13.0 Å². The smallest absolute Gasteiger partial charge is 0.305 e. The maximum atomic E-state index is 11.1. The minimum atomic E-state index is -0.912. The summed E-state index contributed by atoms with van der Waals surface area (Å²) in [4.78, 5) is 22.0. The van der Waals surface area contributed by atoms with E-state index in [4.69, 9.17) is 5.11 Å². The molecule has 4 heteroatoms. The Bertz CT molecular complexity index is 620. The zero-order valence-corrected chi connectivity index (χ0v) is 11.3. The molecule has 0 aliphatic carbocycles. The van der Waals surface area contributed by atoms with Gasteiger partial charge in [-0.05, 0) is 22.8 Å². The Hall–Kier alpha value is -2.36. The number of carboxylic acid groups (broad SMARTS) is 1. The van der Waals surface area contributed by atoms with E-state index in [9.17, 15) is 9.59 Å². The molecule has 0 aliphatic heterocycles. The summed E-state index contributed by atoms with van der Waals surface area (Å²) in [5.74, 6) is -1.12. The Balaban J connectivity index is 2.18. The first-order valence-electron chi connectivity index (χ1n) is 6.51. The highest BCUT2D eigenvalue weighted by Crippen LogP contribution is 2.17. The van der Waals surface area contributed by atoms with Gasteiger partial charge in [-0.1, -0.05) is 42.5 Å². The van der Waals surface area contributed by atoms with Gasteiger partial charge in [0.25, 0.3) is 0 Å². The molecule has 0 fully saturated rings. The number of hydrogen-bond acceptors (Lipinski definition) is 2. The number of nitrogens with one attached hydrogen (secondary N) is 1. The molecule has 0 bridgehead atoms. The third kappa shape index (κ3) is 3.82. The van der Waals surface area contributed by atoms with E-state index in [1.54, 1.807) is 0 Å². The second-order valence-electron chi connectivity index (χ2n) is 4.88. The normalized spacial score (nSPS) is 12.1. The molecular formula is C16H17NO3. The lowest BCUT2D eigenvalue weighted by Crippen LogP contribution is -2.36. The van der Waals surface area contributed by atoms with Crippen LogP contribution in [0.3, 0.4) is 0 Å². The van der Waals surface area contributed by atoms with E-state index in [0.717, 1.165) is 16.3 Å². The lowest BCUT2D eigenvalue weighted by atomic mass is 10.00. The van der Waals surface area contributed by atoms with Crippen LogP contribution >= 0.6 is 0 Å². The van der Waals surface area contributed by atoms with Crippen LogP contribution in [0, 0.1) is 0 Å². The van der Waals surface area contributed by atoms with E-state index in [-0.39, 0.29) is 18.4 Å². The number of carboxylic acids is 1. The Morgan fingerprint density at radius 1 is 1.15 bits per heavy atom. The zero-order valence-electron chi connectivity index (χ0n) is 11.3. The van der Waals surface area contributed by atoms with Crippen LogP contribution in [-0.4, -0.2) is 23.0 Å². The van der Waals surface area contributed by atoms with Gasteiger partial charge in [0.15, 0.2) is 0 Å². The number of carbonyl (C=O) groups is 2. The molecule has 2 N–H and O–H groups in total. The topological polar surface area (TPSA) is 66.4 Å². The number of carbonyl (C=O) groups excluding carboxylic acids is 1. The van der Waals surface area contributed by atoms with Crippen LogP contribution in [0.5, 0.6) is 0 Å². The second kappa shape index (κ2) is 6.19. The SMILES string of the molecule is CC(=O)N[C@H](CC(=O)O)Cc1ccc2ccccc2c1. The number of hydrogen-bond donors (Lipinski definition) is 2. The van der Waals surface area contributed by atoms with Crippen molar-refractivity contribution < 1.29 is 14.7 Å². The van der Waals surface area contributed by atoms with Crippen molar-refractivity contribution in [1.82, 2.24) is 5.32 Å². The van der Waals surface area contributed by atoms with Crippen LogP contribution in [0.2, 0.25) is 0 Å². The first kappa shape index (κ1) is 14.1. The first-order valence-corrected chi connectivity index (χ1v) is 6.51. The van der Waals surface area contributed by atoms with Crippen molar-refractivity contribution in [3.05, 3.63) is 48.0 Å². The third-order valence-electron chi connectivity index (χ3n) is 3.12. The van der Waals surface area contributed by atoms with Crippen LogP contribution in [0.15, 0.2) is 42.5 Å². The van der Waals surface area contributed by atoms with Gasteiger partial charge in [-0.25, -0.2) is 0 Å². The van der Waals surface area contributed by atoms with Gasteiger partial charge in [0.1, 0.15) is 0 Å². The van der Waals surface area contributed by atoms with Crippen LogP contribution in [0.4, 0.5) is 0 Å². The maximum Gasteiger partial charge on any atom is 0.305 e. The summed E-state index contributed by atoms with van der Waals surface area (Å²) in [7, 11) is 0. The highest BCUT2D eigenvalue weighted by atomic mass is 16.4. The van der Waals surface area contributed by atoms with Crippen molar-refractivity contribution in [1.29, 1.82) is 0 Å². The van der Waals surface area contributed by atoms with Crippen molar-refractivity contribution in [2.75, 3.05) is 0 Å². The number of amides is 1. The maximum absolute atomic E-state index is 11.1. The summed E-state index contributed by atoms with van der Waals surface area (Å²) < 4.78 is 0. The summed E-state index contributed by atoms with van der Waals surface area (Å²) in [6.07, 6.45) is 0.434. The van der Waals surface area contributed by atoms with Gasteiger partial charge >= 0.3 is 5.97 Å². The molecule has 0 unspecified atom stereocenters. The van der Waals surface area contributed by atoms with Crippen LogP contribution in [0.25, 0.3) is 10.8 Å². The largest absolute Gasteiger partial charge is 0.481 e. The fourth-order valence-corrected chi connectivity index (χ4v) is 2.32. The van der Waals surface area contributed by atoms with Crippen molar-refractivity contribution in [2.45, 2.75) is 25.8 Å². The molecule has 0 saturated heterocycles. The number of aliphatic carboxylic acids is 1. The van der Waals surface area contributed by atoms with Crippen molar-refractivity contribution >= 4 is 22.6 Å². The molecule has 2 aromatic rings. The summed E-state index contributed by atoms with van der Waals surface area (Å²) in [6, 6.07) is 13.6. The molecule has 104 valence electrons. The van der Waals surface area contributed by atoms with Gasteiger partial charge in [-0.2, -0.15) is 0 Å². The van der Waals surface area contributed by atoms with Crippen LogP contribution < -0.4 is 5.32 Å². The minimum absolute atomic E-state index is 0.0770. The first-order chi connectivity index (χ1) is 9.54. The molecule has 2 aromatic carbocycles. The number of fused-ring (bicyclic) bond motifs is 1. The van der Waals surface area contributed by atoms with Gasteiger partial charge in [-0.15, -0.1) is 0 Å². The molecule has 4 nitrogen and oxygen atoms in total. The van der Waals surface area contributed by atoms with E-state index in [2.05, 4.69) is 5.32 Å². The highest BCUT2D eigenvalue weighted by molar-refractivity contribution is 5.83. The van der Waals surface area contributed by atoms with E-state index >= 15 is 0 Å². The molecule has 1 atom stereocenters. The summed E-state index contributed by atoms with van der Waals surface area (Å²) in [5, 5.41) is 13.8. The molecular weight excluding hydrogens is 254 g/mol. The van der Waals surface area contributed by atoms with Gasteiger partial charge in [0.05, 0.1) is 6.42 Å². The Labute approximate surface area is 117 Å². The Morgan fingerprint density at radius 2 is 1.85 bits per heavy atom. The quantitative estimate of drug-likeness (QED) is 0.877. The lowest BCUT2D eigenvalue weighted by Gasteiger charge is -2.16. The van der Waals surface area contributed by atoms with Crippen LogP contribution in [-0.2, 0) is 16.0 Å². The van der Waals surface area contributed by atoms with Gasteiger partial charge < -0.3 is 10.4 Å². The van der Waals surface area contributed by atoms with Gasteiger partial charge in [-0.3, -0.25) is 9.59 Å². The van der Waals surface area contributed by atoms with Crippen LogP contribution in [0.1, 0.15) is 18.9 Å². The average molecular weight is 271 g/mol. The van der Waals surface area contributed by atoms with Gasteiger partial charge in [0.2, 0.25) is 5.91 Å². The lowest BCUT2D eigenvalue weighted by molar-refractivity contribution is -0.137. The fourth-order valence-electron chi connectivity index (χ4n) is 2.32. The van der Waals surface area contributed by atoms with E-state index in [0.29, 0.717) is 6.42 Å². The second-order valence-corrected chi connectivity index (χ2v) is 4.88. The van der Waals surface area contributed by atoms with E-state index < -0.39 is 5.97 Å². The van der Waals surface area contributed by atoms with Crippen molar-refractivity contribution in [3.8, 4) is 0 Å². The molecule has 0 heterocycles. The molecule has 0 aromatic heterocycles. The molecule has 0 aliphatic rings. The van der Waals surface area contributed by atoms with Crippen molar-refractivity contribution in [2.24, 2.45) is 0 Å². The Morgan fingerprint density at radius 3 is 2.50 bits per heavy atom. The molecule has 0 radical (unpaired) electrons. The summed E-state index contributed by atoms with van der Waals surface area (Å²) >= 11 is 0. The number of benzene rings is 2. The predicted octanol–water partition coefficient (Wildman–Crippen LogP) is 2.36. The molecule has 1 amide bonds. The standard InChI is InChI=1S/C16H17NO3/c1-11(18)17-15(10-16(19)20)9-12-6-7-13-4-2-3-5-14(13)8-12/h2-8,15H,9-10H2,1H3,(H,17,18)(H,19,20)/t15-/m0/s1. The molecule has 0 spiro atoms. The highest BCUT2D eigenvalue weighted by Gasteiger charge is 2.15. The summed E-state index contributed by atoms with van der Waals surface area (Å²) in [5.41, 5.74) is 1.02. The third-order valence-corrected chi connectivity index (χ3v) is 3.12. The van der Waals surface area contributed by atoms with E-state index in [1.165, 1.54) is 6.92 Å². The Kier molecular flexibility index (Phi) is 4.35. The monoisotopic (exact) mass is 271 g/mol. The fraction of sp³-hybridized carbons (Fsp3) is 0.250. The average Bonchev–Trinajstić information content (AvgIpc) is 2.37. The zero-order chi connectivity index (χ0) is 14.5. The number of rotatable bonds is 5. The molecule has 2 rings (SSSR count). The summed E-state index contributed by atoms with van der Waals surface area (Å²) in [6.45, 7) is 1.40. The van der Waals surface area contributed by atoms with E-state index in [1.807, 2.05) is 42.5 Å².